The van der Waals surface area contributed by atoms with Crippen molar-refractivity contribution in [1.29, 1.82) is 0 Å². The lowest BCUT2D eigenvalue weighted by molar-refractivity contribution is 0.0383. The SMILES string of the molecule is O=C(O)NCCCn1c(=O)c(C(=O)NCCN2CCOCC2)c(O)c2ncc(Cc3ccc(F)cc3)cc21. The molecule has 3 aromatic rings. The standard InChI is InChI=1S/C26H30FN5O6/c27-19-4-2-17(3-5-19)14-18-15-20-22(30-16-18)23(33)21(25(35)32(20)8-1-6-29-26(36)37)24(34)28-7-9-31-10-12-38-13-11-31/h2-5,15-16,29,33H,1,6-14H2,(H,28,34)(H,36,37). The average Bonchev–Trinajstić information content (AvgIpc) is 2.90. The smallest absolute Gasteiger partial charge is 0.404 e. The Hall–Kier alpha value is -4.03. The first kappa shape index (κ1) is 27.0. The number of nitrogens with one attached hydrogen (secondary N) is 2. The molecule has 0 radical (unpaired) electrons. The first-order valence-corrected chi connectivity index (χ1v) is 12.4. The second-order valence-electron chi connectivity index (χ2n) is 8.99. The number of carboxylic acid groups (broad SMARTS) is 1. The van der Waals surface area contributed by atoms with E-state index in [0.717, 1.165) is 18.7 Å². The second-order valence-corrected chi connectivity index (χ2v) is 8.99. The van der Waals surface area contributed by atoms with E-state index in [-0.39, 0.29) is 37.4 Å². The van der Waals surface area contributed by atoms with Gasteiger partial charge in [-0.15, -0.1) is 0 Å². The van der Waals surface area contributed by atoms with Gasteiger partial charge < -0.3 is 30.2 Å². The molecule has 4 rings (SSSR count). The summed E-state index contributed by atoms with van der Waals surface area (Å²) >= 11 is 0. The second kappa shape index (κ2) is 12.5. The molecule has 11 nitrogen and oxygen atoms in total. The van der Waals surface area contributed by atoms with Crippen LogP contribution in [-0.2, 0) is 17.7 Å². The van der Waals surface area contributed by atoms with Gasteiger partial charge in [0.15, 0.2) is 5.75 Å². The zero-order chi connectivity index (χ0) is 27.1. The number of pyridine rings is 2. The molecule has 0 bridgehead atoms. The summed E-state index contributed by atoms with van der Waals surface area (Å²) < 4.78 is 19.9. The van der Waals surface area contributed by atoms with Gasteiger partial charge in [0.2, 0.25) is 0 Å². The summed E-state index contributed by atoms with van der Waals surface area (Å²) in [7, 11) is 0. The van der Waals surface area contributed by atoms with E-state index in [1.807, 2.05) is 0 Å². The Labute approximate surface area is 217 Å². The molecule has 12 heteroatoms. The van der Waals surface area contributed by atoms with Gasteiger partial charge in [-0.25, -0.2) is 9.18 Å². The van der Waals surface area contributed by atoms with E-state index in [1.165, 1.54) is 22.9 Å². The molecule has 1 saturated heterocycles. The maximum atomic E-state index is 13.5. The quantitative estimate of drug-likeness (QED) is 0.291. The fraction of sp³-hybridized carbons (Fsp3) is 0.385. The summed E-state index contributed by atoms with van der Waals surface area (Å²) in [6.07, 6.45) is 1.03. The van der Waals surface area contributed by atoms with Gasteiger partial charge >= 0.3 is 6.09 Å². The summed E-state index contributed by atoms with van der Waals surface area (Å²) in [6.45, 7) is 3.77. The third-order valence-electron chi connectivity index (χ3n) is 6.34. The number of rotatable bonds is 10. The van der Waals surface area contributed by atoms with Crippen molar-refractivity contribution in [3.63, 3.8) is 0 Å². The van der Waals surface area contributed by atoms with E-state index in [0.29, 0.717) is 37.3 Å². The number of fused-ring (bicyclic) bond motifs is 1. The Kier molecular flexibility index (Phi) is 8.87. The third-order valence-corrected chi connectivity index (χ3v) is 6.34. The number of carbonyl (C=O) groups is 2. The average molecular weight is 528 g/mol. The number of hydrogen-bond donors (Lipinski definition) is 4. The van der Waals surface area contributed by atoms with Crippen LogP contribution >= 0.6 is 0 Å². The summed E-state index contributed by atoms with van der Waals surface area (Å²) in [4.78, 5) is 43.8. The molecule has 1 aromatic carbocycles. The van der Waals surface area contributed by atoms with Crippen LogP contribution in [0.2, 0.25) is 0 Å². The number of morpholine rings is 1. The number of aryl methyl sites for hydroxylation is 1. The molecule has 1 fully saturated rings. The van der Waals surface area contributed by atoms with Gasteiger partial charge in [0, 0.05) is 45.5 Å². The van der Waals surface area contributed by atoms with Gasteiger partial charge in [0.05, 0.1) is 18.7 Å². The third kappa shape index (κ3) is 6.64. The number of hydrogen-bond acceptors (Lipinski definition) is 7. The van der Waals surface area contributed by atoms with Crippen LogP contribution in [0.25, 0.3) is 11.0 Å². The minimum Gasteiger partial charge on any atom is -0.505 e. The molecule has 0 aliphatic carbocycles. The molecule has 1 aliphatic heterocycles. The van der Waals surface area contributed by atoms with Gasteiger partial charge in [0.25, 0.3) is 11.5 Å². The highest BCUT2D eigenvalue weighted by atomic mass is 19.1. The van der Waals surface area contributed by atoms with Crippen LogP contribution in [0.3, 0.4) is 0 Å². The number of carbonyl (C=O) groups excluding carboxylic acids is 1. The summed E-state index contributed by atoms with van der Waals surface area (Å²) in [5.41, 5.74) is 0.819. The van der Waals surface area contributed by atoms with Crippen LogP contribution in [0.15, 0.2) is 41.3 Å². The highest BCUT2D eigenvalue weighted by Crippen LogP contribution is 2.26. The maximum absolute atomic E-state index is 13.5. The van der Waals surface area contributed by atoms with E-state index in [1.54, 1.807) is 18.2 Å². The fourth-order valence-electron chi connectivity index (χ4n) is 4.38. The zero-order valence-electron chi connectivity index (χ0n) is 20.8. The lowest BCUT2D eigenvalue weighted by atomic mass is 10.1. The number of nitrogens with zero attached hydrogens (tertiary/aromatic N) is 3. The highest BCUT2D eigenvalue weighted by Gasteiger charge is 2.23. The molecule has 1 aliphatic rings. The minimum absolute atomic E-state index is 0.0805. The first-order valence-electron chi connectivity index (χ1n) is 12.4. The maximum Gasteiger partial charge on any atom is 0.404 e. The number of ether oxygens (including phenoxy) is 1. The lowest BCUT2D eigenvalue weighted by Crippen LogP contribution is -2.42. The molecule has 38 heavy (non-hydrogen) atoms. The normalized spacial score (nSPS) is 13.9. The Balaban J connectivity index is 1.63. The Morgan fingerprint density at radius 1 is 1.05 bits per heavy atom. The summed E-state index contributed by atoms with van der Waals surface area (Å²) in [6, 6.07) is 7.69. The number of benzene rings is 1. The molecule has 0 unspecified atom stereocenters. The van der Waals surface area contributed by atoms with Crippen LogP contribution in [0, 0.1) is 5.82 Å². The van der Waals surface area contributed by atoms with Crippen molar-refractivity contribution < 1.29 is 28.9 Å². The van der Waals surface area contributed by atoms with Gasteiger partial charge in [-0.2, -0.15) is 0 Å². The van der Waals surface area contributed by atoms with Gasteiger partial charge in [-0.05, 0) is 42.2 Å². The van der Waals surface area contributed by atoms with Crippen molar-refractivity contribution in [3.8, 4) is 5.75 Å². The molecule has 0 spiro atoms. The molecular weight excluding hydrogens is 497 g/mol. The topological polar surface area (TPSA) is 146 Å². The highest BCUT2D eigenvalue weighted by molar-refractivity contribution is 6.01. The van der Waals surface area contributed by atoms with E-state index in [2.05, 4.69) is 20.5 Å². The number of aromatic nitrogens is 2. The zero-order valence-corrected chi connectivity index (χ0v) is 20.8. The minimum atomic E-state index is -1.18. The van der Waals surface area contributed by atoms with Crippen molar-refractivity contribution in [2.75, 3.05) is 45.9 Å². The van der Waals surface area contributed by atoms with Gasteiger partial charge in [-0.3, -0.25) is 19.5 Å². The Morgan fingerprint density at radius 3 is 2.50 bits per heavy atom. The molecule has 0 atom stereocenters. The molecular formula is C26H30FN5O6. The fourth-order valence-corrected chi connectivity index (χ4v) is 4.38. The molecule has 202 valence electrons. The predicted octanol–water partition coefficient (Wildman–Crippen LogP) is 1.55. The van der Waals surface area contributed by atoms with E-state index >= 15 is 0 Å². The van der Waals surface area contributed by atoms with Crippen LogP contribution < -0.4 is 16.2 Å². The number of amides is 2. The Bertz CT molecular complexity index is 1350. The number of halogens is 1. The lowest BCUT2D eigenvalue weighted by Gasteiger charge is -2.26. The van der Waals surface area contributed by atoms with Gasteiger partial charge in [-0.1, -0.05) is 12.1 Å². The summed E-state index contributed by atoms with van der Waals surface area (Å²) in [5.74, 6) is -1.57. The molecule has 2 aromatic heterocycles. The first-order chi connectivity index (χ1) is 18.3. The van der Waals surface area contributed by atoms with E-state index < -0.39 is 28.9 Å². The van der Waals surface area contributed by atoms with E-state index in [4.69, 9.17) is 9.84 Å². The van der Waals surface area contributed by atoms with Crippen molar-refractivity contribution in [2.45, 2.75) is 19.4 Å². The van der Waals surface area contributed by atoms with Gasteiger partial charge in [0.1, 0.15) is 16.9 Å². The largest absolute Gasteiger partial charge is 0.505 e. The summed E-state index contributed by atoms with van der Waals surface area (Å²) in [5, 5.41) is 24.7. The molecule has 2 amide bonds. The monoisotopic (exact) mass is 527 g/mol. The van der Waals surface area contributed by atoms with Crippen molar-refractivity contribution in [1.82, 2.24) is 25.1 Å². The van der Waals surface area contributed by atoms with E-state index in [9.17, 15) is 23.9 Å². The van der Waals surface area contributed by atoms with Crippen molar-refractivity contribution in [3.05, 3.63) is 69.4 Å². The van der Waals surface area contributed by atoms with Crippen molar-refractivity contribution in [2.24, 2.45) is 0 Å². The number of aromatic hydroxyl groups is 1. The molecule has 0 saturated carbocycles. The van der Waals surface area contributed by atoms with Crippen LogP contribution in [-0.4, -0.2) is 82.6 Å². The van der Waals surface area contributed by atoms with Crippen LogP contribution in [0.1, 0.15) is 27.9 Å². The predicted molar refractivity (Wildman–Crippen MR) is 137 cm³/mol. The van der Waals surface area contributed by atoms with Crippen LogP contribution in [0.5, 0.6) is 5.75 Å². The molecule has 3 heterocycles. The Morgan fingerprint density at radius 2 is 1.79 bits per heavy atom. The molecule has 4 N–H and O–H groups in total. The van der Waals surface area contributed by atoms with Crippen molar-refractivity contribution >= 4 is 23.0 Å². The van der Waals surface area contributed by atoms with Crippen LogP contribution in [0.4, 0.5) is 9.18 Å².